The Balaban J connectivity index is 2.01. The normalized spacial score (nSPS) is 19.3. The van der Waals surface area contributed by atoms with Gasteiger partial charge in [0.15, 0.2) is 11.5 Å². The van der Waals surface area contributed by atoms with E-state index in [0.717, 1.165) is 19.4 Å². The highest BCUT2D eigenvalue weighted by atomic mass is 16.5. The molecule has 2 N–H and O–H groups in total. The Hall–Kier alpha value is -1.75. The zero-order chi connectivity index (χ0) is 13.0. The number of rotatable bonds is 3. The topological polar surface area (TPSA) is 67.8 Å². The summed E-state index contributed by atoms with van der Waals surface area (Å²) in [5.74, 6) is 0.112. The third-order valence-corrected chi connectivity index (χ3v) is 2.94. The quantitative estimate of drug-likeness (QED) is 0.850. The van der Waals surface area contributed by atoms with Crippen LogP contribution in [-0.4, -0.2) is 37.4 Å². The lowest BCUT2D eigenvalue weighted by molar-refractivity contribution is 0.0624. The van der Waals surface area contributed by atoms with Crippen LogP contribution in [0.1, 0.15) is 23.2 Å². The monoisotopic (exact) mass is 251 g/mol. The maximum Gasteiger partial charge on any atom is 0.251 e. The lowest BCUT2D eigenvalue weighted by Gasteiger charge is -2.23. The third kappa shape index (κ3) is 2.92. The minimum atomic E-state index is -0.205. The number of carbonyl (C=O) groups is 1. The number of hydrogen-bond donors (Lipinski definition) is 2. The average molecular weight is 251 g/mol. The summed E-state index contributed by atoms with van der Waals surface area (Å²) in [6.07, 6.45) is 1.88. The average Bonchev–Trinajstić information content (AvgIpc) is 2.39. The molecule has 1 amide bonds. The SMILES string of the molecule is COc1ccc(C(=O)NC2CCCOC2)cc1O. The van der Waals surface area contributed by atoms with Crippen molar-refractivity contribution in [3.63, 3.8) is 0 Å². The number of amides is 1. The van der Waals surface area contributed by atoms with Gasteiger partial charge in [-0.3, -0.25) is 4.79 Å². The molecule has 18 heavy (non-hydrogen) atoms. The number of phenols is 1. The van der Waals surface area contributed by atoms with E-state index in [0.29, 0.717) is 17.9 Å². The van der Waals surface area contributed by atoms with E-state index in [2.05, 4.69) is 5.32 Å². The molecule has 1 saturated heterocycles. The van der Waals surface area contributed by atoms with E-state index in [1.54, 1.807) is 12.1 Å². The Kier molecular flexibility index (Phi) is 4.04. The first-order chi connectivity index (χ1) is 8.70. The van der Waals surface area contributed by atoms with E-state index < -0.39 is 0 Å². The summed E-state index contributed by atoms with van der Waals surface area (Å²) in [6, 6.07) is 4.65. The number of hydrogen-bond acceptors (Lipinski definition) is 4. The summed E-state index contributed by atoms with van der Waals surface area (Å²) in [4.78, 5) is 11.9. The fourth-order valence-electron chi connectivity index (χ4n) is 1.95. The van der Waals surface area contributed by atoms with Crippen LogP contribution in [0, 0.1) is 0 Å². The molecule has 98 valence electrons. The van der Waals surface area contributed by atoms with Crippen molar-refractivity contribution in [2.75, 3.05) is 20.3 Å². The van der Waals surface area contributed by atoms with Crippen molar-refractivity contribution in [2.45, 2.75) is 18.9 Å². The van der Waals surface area contributed by atoms with Gasteiger partial charge >= 0.3 is 0 Å². The number of aromatic hydroxyl groups is 1. The lowest BCUT2D eigenvalue weighted by Crippen LogP contribution is -2.40. The second-order valence-corrected chi connectivity index (χ2v) is 4.27. The molecule has 2 rings (SSSR count). The summed E-state index contributed by atoms with van der Waals surface area (Å²) >= 11 is 0. The molecule has 0 aromatic heterocycles. The molecule has 1 atom stereocenters. The van der Waals surface area contributed by atoms with E-state index in [4.69, 9.17) is 9.47 Å². The van der Waals surface area contributed by atoms with Crippen LogP contribution in [0.15, 0.2) is 18.2 Å². The fourth-order valence-corrected chi connectivity index (χ4v) is 1.95. The molecule has 0 aliphatic carbocycles. The molecule has 1 aliphatic rings. The highest BCUT2D eigenvalue weighted by molar-refractivity contribution is 5.95. The first kappa shape index (κ1) is 12.7. The van der Waals surface area contributed by atoms with E-state index in [9.17, 15) is 9.90 Å². The van der Waals surface area contributed by atoms with Crippen LogP contribution in [-0.2, 0) is 4.74 Å². The Morgan fingerprint density at radius 2 is 2.39 bits per heavy atom. The predicted octanol–water partition coefficient (Wildman–Crippen LogP) is 1.31. The summed E-state index contributed by atoms with van der Waals surface area (Å²) < 4.78 is 10.2. The highest BCUT2D eigenvalue weighted by Crippen LogP contribution is 2.26. The fraction of sp³-hybridized carbons (Fsp3) is 0.462. The second kappa shape index (κ2) is 5.73. The maximum absolute atomic E-state index is 11.9. The van der Waals surface area contributed by atoms with Crippen LogP contribution in [0.2, 0.25) is 0 Å². The number of ether oxygens (including phenoxy) is 2. The van der Waals surface area contributed by atoms with E-state index in [1.165, 1.54) is 13.2 Å². The van der Waals surface area contributed by atoms with Crippen molar-refractivity contribution < 1.29 is 19.4 Å². The van der Waals surface area contributed by atoms with Crippen molar-refractivity contribution in [1.82, 2.24) is 5.32 Å². The smallest absolute Gasteiger partial charge is 0.251 e. The number of benzene rings is 1. The van der Waals surface area contributed by atoms with Crippen LogP contribution < -0.4 is 10.1 Å². The molecular formula is C13H17NO4. The Bertz CT molecular complexity index is 427. The van der Waals surface area contributed by atoms with E-state index in [-0.39, 0.29) is 17.7 Å². The van der Waals surface area contributed by atoms with Crippen molar-refractivity contribution in [2.24, 2.45) is 0 Å². The van der Waals surface area contributed by atoms with Gasteiger partial charge in [-0.25, -0.2) is 0 Å². The van der Waals surface area contributed by atoms with Crippen LogP contribution in [0.5, 0.6) is 11.5 Å². The first-order valence-corrected chi connectivity index (χ1v) is 5.96. The number of phenolic OH excluding ortho intramolecular Hbond substituents is 1. The first-order valence-electron chi connectivity index (χ1n) is 5.96. The summed E-state index contributed by atoms with van der Waals surface area (Å²) in [5.41, 5.74) is 0.416. The Labute approximate surface area is 106 Å². The van der Waals surface area contributed by atoms with Crippen molar-refractivity contribution >= 4 is 5.91 Å². The van der Waals surface area contributed by atoms with Gasteiger partial charge in [0.05, 0.1) is 19.8 Å². The van der Waals surface area contributed by atoms with Crippen LogP contribution in [0.4, 0.5) is 0 Å². The summed E-state index contributed by atoms with van der Waals surface area (Å²) in [7, 11) is 1.47. The molecule has 0 bridgehead atoms. The molecule has 0 spiro atoms. The van der Waals surface area contributed by atoms with Gasteiger partial charge in [0.25, 0.3) is 5.91 Å². The molecule has 5 nitrogen and oxygen atoms in total. The van der Waals surface area contributed by atoms with Gasteiger partial charge in [0, 0.05) is 12.2 Å². The van der Waals surface area contributed by atoms with Crippen LogP contribution in [0.3, 0.4) is 0 Å². The highest BCUT2D eigenvalue weighted by Gasteiger charge is 2.17. The second-order valence-electron chi connectivity index (χ2n) is 4.27. The maximum atomic E-state index is 11.9. The minimum Gasteiger partial charge on any atom is -0.504 e. The molecule has 1 heterocycles. The number of carbonyl (C=O) groups excluding carboxylic acids is 1. The summed E-state index contributed by atoms with van der Waals surface area (Å²) in [6.45, 7) is 1.31. The van der Waals surface area contributed by atoms with Gasteiger partial charge in [0.2, 0.25) is 0 Å². The molecule has 1 unspecified atom stereocenters. The standard InChI is InChI=1S/C13H17NO4/c1-17-12-5-4-9(7-11(12)15)13(16)14-10-3-2-6-18-8-10/h4-5,7,10,15H,2-3,6,8H2,1H3,(H,14,16). The van der Waals surface area contributed by atoms with Gasteiger partial charge < -0.3 is 19.9 Å². The van der Waals surface area contributed by atoms with Gasteiger partial charge in [-0.05, 0) is 31.0 Å². The minimum absolute atomic E-state index is 0.0370. The lowest BCUT2D eigenvalue weighted by atomic mass is 10.1. The van der Waals surface area contributed by atoms with Gasteiger partial charge in [-0.2, -0.15) is 0 Å². The molecule has 1 aromatic carbocycles. The van der Waals surface area contributed by atoms with Crippen molar-refractivity contribution in [1.29, 1.82) is 0 Å². The molecular weight excluding hydrogens is 234 g/mol. The van der Waals surface area contributed by atoms with Crippen molar-refractivity contribution in [3.8, 4) is 11.5 Å². The van der Waals surface area contributed by atoms with Crippen LogP contribution >= 0.6 is 0 Å². The number of nitrogens with one attached hydrogen (secondary N) is 1. The zero-order valence-electron chi connectivity index (χ0n) is 10.3. The largest absolute Gasteiger partial charge is 0.504 e. The van der Waals surface area contributed by atoms with Gasteiger partial charge in [-0.15, -0.1) is 0 Å². The molecule has 1 aliphatic heterocycles. The molecule has 1 fully saturated rings. The molecule has 1 aromatic rings. The van der Waals surface area contributed by atoms with Crippen molar-refractivity contribution in [3.05, 3.63) is 23.8 Å². The van der Waals surface area contributed by atoms with Gasteiger partial charge in [0.1, 0.15) is 0 Å². The Morgan fingerprint density at radius 1 is 1.56 bits per heavy atom. The van der Waals surface area contributed by atoms with E-state index >= 15 is 0 Å². The molecule has 5 heteroatoms. The molecule has 0 saturated carbocycles. The third-order valence-electron chi connectivity index (χ3n) is 2.94. The van der Waals surface area contributed by atoms with E-state index in [1.807, 2.05) is 0 Å². The predicted molar refractivity (Wildman–Crippen MR) is 66.0 cm³/mol. The number of methoxy groups -OCH3 is 1. The van der Waals surface area contributed by atoms with Gasteiger partial charge in [-0.1, -0.05) is 0 Å². The Morgan fingerprint density at radius 3 is 3.00 bits per heavy atom. The summed E-state index contributed by atoms with van der Waals surface area (Å²) in [5, 5.41) is 12.5. The van der Waals surface area contributed by atoms with Crippen LogP contribution in [0.25, 0.3) is 0 Å². The molecule has 0 radical (unpaired) electrons. The zero-order valence-corrected chi connectivity index (χ0v) is 10.3.